The summed E-state index contributed by atoms with van der Waals surface area (Å²) in [6.45, 7) is 0. The van der Waals surface area contributed by atoms with Crippen LogP contribution < -0.4 is 5.73 Å². The molecule has 1 aliphatic rings. The molecule has 1 aliphatic carbocycles. The molecule has 2 N–H and O–H groups in total. The van der Waals surface area contributed by atoms with E-state index in [0.717, 1.165) is 10.2 Å². The predicted octanol–water partition coefficient (Wildman–Crippen LogP) is 0.734. The van der Waals surface area contributed by atoms with Crippen LogP contribution in [0.1, 0.15) is 24.7 Å². The number of nitrogens with zero attached hydrogens (tertiary/aromatic N) is 6. The zero-order valence-corrected chi connectivity index (χ0v) is 9.91. The van der Waals surface area contributed by atoms with Crippen LogP contribution >= 0.6 is 23.1 Å². The molecule has 16 heavy (non-hydrogen) atoms. The SMILES string of the molecule is Nc1nnc(SCc2nnnn2C2CC2)s1. The molecule has 2 aromatic rings. The van der Waals surface area contributed by atoms with Gasteiger partial charge in [0.15, 0.2) is 10.2 Å². The second-order valence-electron chi connectivity index (χ2n) is 3.47. The average molecular weight is 255 g/mol. The lowest BCUT2D eigenvalue weighted by Gasteiger charge is -1.99. The van der Waals surface area contributed by atoms with Crippen LogP contribution in [-0.2, 0) is 5.75 Å². The standard InChI is InChI=1S/C7H9N7S2/c8-6-10-11-7(16-6)15-3-5-9-12-13-14(5)4-1-2-4/h4H,1-3H2,(H2,8,10). The van der Waals surface area contributed by atoms with E-state index in [2.05, 4.69) is 25.7 Å². The summed E-state index contributed by atoms with van der Waals surface area (Å²) in [5, 5.41) is 19.9. The number of nitrogens with two attached hydrogens (primary N) is 1. The van der Waals surface area contributed by atoms with Gasteiger partial charge < -0.3 is 5.73 Å². The molecule has 0 bridgehead atoms. The summed E-state index contributed by atoms with van der Waals surface area (Å²) in [6.07, 6.45) is 2.35. The molecule has 2 heterocycles. The first kappa shape index (κ1) is 9.97. The minimum absolute atomic E-state index is 0.490. The van der Waals surface area contributed by atoms with Gasteiger partial charge in [0.05, 0.1) is 11.8 Å². The Balaban J connectivity index is 1.67. The predicted molar refractivity (Wildman–Crippen MR) is 60.0 cm³/mol. The first-order chi connectivity index (χ1) is 7.83. The number of anilines is 1. The van der Waals surface area contributed by atoms with Gasteiger partial charge in [0.25, 0.3) is 0 Å². The van der Waals surface area contributed by atoms with E-state index in [1.54, 1.807) is 11.8 Å². The number of tetrazole rings is 1. The maximum Gasteiger partial charge on any atom is 0.203 e. The lowest BCUT2D eigenvalue weighted by molar-refractivity contribution is 0.593. The van der Waals surface area contributed by atoms with Crippen molar-refractivity contribution in [2.75, 3.05) is 5.73 Å². The third-order valence-electron chi connectivity index (χ3n) is 2.20. The van der Waals surface area contributed by atoms with E-state index < -0.39 is 0 Å². The van der Waals surface area contributed by atoms with E-state index in [9.17, 15) is 0 Å². The number of thioether (sulfide) groups is 1. The highest BCUT2D eigenvalue weighted by molar-refractivity contribution is 8.00. The Labute approximate surface area is 99.4 Å². The van der Waals surface area contributed by atoms with E-state index in [0.29, 0.717) is 16.9 Å². The van der Waals surface area contributed by atoms with Crippen LogP contribution in [-0.4, -0.2) is 30.4 Å². The van der Waals surface area contributed by atoms with Gasteiger partial charge in [0, 0.05) is 0 Å². The summed E-state index contributed by atoms with van der Waals surface area (Å²) in [5.41, 5.74) is 5.50. The second-order valence-corrected chi connectivity index (χ2v) is 5.70. The quantitative estimate of drug-likeness (QED) is 0.805. The van der Waals surface area contributed by atoms with Crippen molar-refractivity contribution < 1.29 is 0 Å². The summed E-state index contributed by atoms with van der Waals surface area (Å²) in [5.74, 6) is 1.60. The Hall–Kier alpha value is -1.22. The number of aromatic nitrogens is 6. The van der Waals surface area contributed by atoms with Crippen LogP contribution in [0.3, 0.4) is 0 Å². The van der Waals surface area contributed by atoms with Gasteiger partial charge in [0.1, 0.15) is 0 Å². The van der Waals surface area contributed by atoms with Gasteiger partial charge in [-0.2, -0.15) is 0 Å². The largest absolute Gasteiger partial charge is 0.374 e. The molecule has 0 amide bonds. The van der Waals surface area contributed by atoms with Crippen molar-refractivity contribution in [1.29, 1.82) is 0 Å². The molecular weight excluding hydrogens is 246 g/mol. The van der Waals surface area contributed by atoms with Crippen molar-refractivity contribution in [3.8, 4) is 0 Å². The van der Waals surface area contributed by atoms with Gasteiger partial charge >= 0.3 is 0 Å². The molecule has 9 heteroatoms. The molecule has 0 atom stereocenters. The lowest BCUT2D eigenvalue weighted by atomic mass is 10.6. The van der Waals surface area contributed by atoms with Gasteiger partial charge in [0.2, 0.25) is 5.13 Å². The lowest BCUT2D eigenvalue weighted by Crippen LogP contribution is -2.02. The van der Waals surface area contributed by atoms with Crippen molar-refractivity contribution >= 4 is 28.2 Å². The smallest absolute Gasteiger partial charge is 0.203 e. The molecule has 0 aliphatic heterocycles. The molecular formula is C7H9N7S2. The van der Waals surface area contributed by atoms with E-state index >= 15 is 0 Å². The normalized spacial score (nSPS) is 15.5. The molecule has 2 aromatic heterocycles. The molecule has 7 nitrogen and oxygen atoms in total. The van der Waals surface area contributed by atoms with Crippen molar-refractivity contribution in [3.05, 3.63) is 5.82 Å². The van der Waals surface area contributed by atoms with Gasteiger partial charge in [-0.05, 0) is 23.3 Å². The number of nitrogen functional groups attached to an aromatic ring is 1. The van der Waals surface area contributed by atoms with Crippen LogP contribution in [0.4, 0.5) is 5.13 Å². The number of hydrogen-bond acceptors (Lipinski definition) is 8. The summed E-state index contributed by atoms with van der Waals surface area (Å²) in [7, 11) is 0. The molecule has 0 radical (unpaired) electrons. The molecule has 0 aromatic carbocycles. The van der Waals surface area contributed by atoms with Crippen LogP contribution in [0, 0.1) is 0 Å². The van der Waals surface area contributed by atoms with E-state index in [1.165, 1.54) is 24.2 Å². The highest BCUT2D eigenvalue weighted by Crippen LogP contribution is 2.35. The Bertz CT molecular complexity index is 488. The van der Waals surface area contributed by atoms with Crippen molar-refractivity contribution in [2.45, 2.75) is 29.0 Å². The topological polar surface area (TPSA) is 95.4 Å². The summed E-state index contributed by atoms with van der Waals surface area (Å²) < 4.78 is 2.75. The van der Waals surface area contributed by atoms with Gasteiger partial charge in [-0.15, -0.1) is 15.3 Å². The zero-order valence-electron chi connectivity index (χ0n) is 8.28. The third kappa shape index (κ3) is 2.00. The fourth-order valence-corrected chi connectivity index (χ4v) is 2.87. The second kappa shape index (κ2) is 3.98. The van der Waals surface area contributed by atoms with E-state index in [1.807, 2.05) is 4.68 Å². The average Bonchev–Trinajstić information content (AvgIpc) is 2.86. The van der Waals surface area contributed by atoms with Crippen LogP contribution in [0.15, 0.2) is 4.34 Å². The minimum atomic E-state index is 0.490. The van der Waals surface area contributed by atoms with Gasteiger partial charge in [-0.1, -0.05) is 23.1 Å². The first-order valence-electron chi connectivity index (χ1n) is 4.81. The van der Waals surface area contributed by atoms with Gasteiger partial charge in [-0.25, -0.2) is 4.68 Å². The Morgan fingerprint density at radius 2 is 2.25 bits per heavy atom. The molecule has 84 valence electrons. The molecule has 0 saturated heterocycles. The van der Waals surface area contributed by atoms with Crippen LogP contribution in [0.25, 0.3) is 0 Å². The van der Waals surface area contributed by atoms with E-state index in [4.69, 9.17) is 5.73 Å². The van der Waals surface area contributed by atoms with Crippen molar-refractivity contribution in [3.63, 3.8) is 0 Å². The molecule has 0 unspecified atom stereocenters. The summed E-state index contributed by atoms with van der Waals surface area (Å²) in [6, 6.07) is 0.505. The summed E-state index contributed by atoms with van der Waals surface area (Å²) in [4.78, 5) is 0. The fraction of sp³-hybridized carbons (Fsp3) is 0.571. The van der Waals surface area contributed by atoms with Crippen molar-refractivity contribution in [2.24, 2.45) is 0 Å². The zero-order chi connectivity index (χ0) is 11.0. The monoisotopic (exact) mass is 255 g/mol. The molecule has 3 rings (SSSR count). The minimum Gasteiger partial charge on any atom is -0.374 e. The number of hydrogen-bond donors (Lipinski definition) is 1. The first-order valence-corrected chi connectivity index (χ1v) is 6.61. The van der Waals surface area contributed by atoms with Crippen LogP contribution in [0.5, 0.6) is 0 Å². The maximum absolute atomic E-state index is 5.50. The van der Waals surface area contributed by atoms with Crippen LogP contribution in [0.2, 0.25) is 0 Å². The highest BCUT2D eigenvalue weighted by Gasteiger charge is 2.27. The fourth-order valence-electron chi connectivity index (χ4n) is 1.32. The Morgan fingerprint density at radius 3 is 2.94 bits per heavy atom. The Kier molecular flexibility index (Phi) is 2.48. The van der Waals surface area contributed by atoms with Crippen molar-refractivity contribution in [1.82, 2.24) is 30.4 Å². The van der Waals surface area contributed by atoms with E-state index in [-0.39, 0.29) is 0 Å². The molecule has 0 spiro atoms. The summed E-state index contributed by atoms with van der Waals surface area (Å²) >= 11 is 2.94. The highest BCUT2D eigenvalue weighted by atomic mass is 32.2. The molecule has 1 fully saturated rings. The Morgan fingerprint density at radius 1 is 1.38 bits per heavy atom. The molecule has 1 saturated carbocycles. The third-order valence-corrected chi connectivity index (χ3v) is 4.08. The number of rotatable bonds is 4. The maximum atomic E-state index is 5.50. The van der Waals surface area contributed by atoms with Gasteiger partial charge in [-0.3, -0.25) is 0 Å².